The summed E-state index contributed by atoms with van der Waals surface area (Å²) >= 11 is 0. The Bertz CT molecular complexity index is 714. The quantitative estimate of drug-likeness (QED) is 0.782. The molecule has 0 radical (unpaired) electrons. The minimum absolute atomic E-state index is 0.204. The number of amides is 1. The van der Waals surface area contributed by atoms with Gasteiger partial charge in [0.05, 0.1) is 6.33 Å². The molecule has 2 heterocycles. The minimum atomic E-state index is -0.204. The molecule has 3 rings (SSSR count). The van der Waals surface area contributed by atoms with Crippen LogP contribution in [0.2, 0.25) is 0 Å². The van der Waals surface area contributed by atoms with Crippen LogP contribution in [0.5, 0.6) is 0 Å². The number of imidazole rings is 1. The second-order valence-corrected chi connectivity index (χ2v) is 7.65. The Hall–Kier alpha value is -2.21. The van der Waals surface area contributed by atoms with Gasteiger partial charge in [-0.25, -0.2) is 9.37 Å². The number of carbonyl (C=O) groups excluding carboxylic acids is 1. The summed E-state index contributed by atoms with van der Waals surface area (Å²) in [5.74, 6) is 0.440. The van der Waals surface area contributed by atoms with Crippen molar-refractivity contribution >= 4 is 5.91 Å². The first kappa shape index (κ1) is 19.5. The molecule has 1 fully saturated rings. The highest BCUT2D eigenvalue weighted by atomic mass is 19.1. The molecule has 1 aromatic carbocycles. The Balaban J connectivity index is 1.63. The van der Waals surface area contributed by atoms with Gasteiger partial charge in [-0.05, 0) is 30.0 Å². The van der Waals surface area contributed by atoms with Crippen molar-refractivity contribution in [2.24, 2.45) is 5.92 Å². The minimum Gasteiger partial charge on any atom is -0.341 e. The van der Waals surface area contributed by atoms with Crippen LogP contribution in [0, 0.1) is 11.7 Å². The van der Waals surface area contributed by atoms with E-state index in [1.165, 1.54) is 12.1 Å². The highest BCUT2D eigenvalue weighted by molar-refractivity contribution is 5.76. The number of carbonyl (C=O) groups is 1. The van der Waals surface area contributed by atoms with E-state index in [-0.39, 0.29) is 11.7 Å². The van der Waals surface area contributed by atoms with E-state index in [1.807, 2.05) is 27.8 Å². The first-order valence-corrected chi connectivity index (χ1v) is 9.75. The molecule has 0 spiro atoms. The zero-order valence-electron chi connectivity index (χ0n) is 16.2. The van der Waals surface area contributed by atoms with E-state index in [2.05, 4.69) is 23.7 Å². The summed E-state index contributed by atoms with van der Waals surface area (Å²) in [6.45, 7) is 8.38. The van der Waals surface area contributed by atoms with Crippen LogP contribution in [0.15, 0.2) is 43.0 Å². The van der Waals surface area contributed by atoms with Crippen LogP contribution in [-0.2, 0) is 17.9 Å². The maximum Gasteiger partial charge on any atom is 0.224 e. The number of hydrogen-bond acceptors (Lipinski definition) is 3. The van der Waals surface area contributed by atoms with Crippen LogP contribution in [0.3, 0.4) is 0 Å². The van der Waals surface area contributed by atoms with E-state index in [1.54, 1.807) is 12.5 Å². The number of nitrogens with zero attached hydrogens (tertiary/aromatic N) is 4. The van der Waals surface area contributed by atoms with Crippen molar-refractivity contribution in [1.29, 1.82) is 0 Å². The number of hydrogen-bond donors (Lipinski definition) is 0. The third-order valence-corrected chi connectivity index (χ3v) is 5.31. The van der Waals surface area contributed by atoms with Crippen LogP contribution in [-0.4, -0.2) is 50.9 Å². The Morgan fingerprint density at radius 3 is 2.70 bits per heavy atom. The Kier molecular flexibility index (Phi) is 6.61. The van der Waals surface area contributed by atoms with Gasteiger partial charge < -0.3 is 9.47 Å². The van der Waals surface area contributed by atoms with Crippen LogP contribution >= 0.6 is 0 Å². The molecule has 6 heteroatoms. The molecular weight excluding hydrogens is 343 g/mol. The Morgan fingerprint density at radius 1 is 1.26 bits per heavy atom. The molecule has 5 nitrogen and oxygen atoms in total. The van der Waals surface area contributed by atoms with Gasteiger partial charge in [-0.1, -0.05) is 26.0 Å². The number of aryl methyl sites for hydroxylation is 1. The molecule has 0 saturated carbocycles. The Morgan fingerprint density at radius 2 is 2.04 bits per heavy atom. The van der Waals surface area contributed by atoms with Crippen molar-refractivity contribution in [2.75, 3.05) is 19.6 Å². The molecule has 1 unspecified atom stereocenters. The Labute approximate surface area is 160 Å². The fraction of sp³-hybridized carbons (Fsp3) is 0.524. The molecule has 146 valence electrons. The SMILES string of the molecule is CC(C)C1CN(C(=O)CCn2ccnc2)CCCN1Cc1ccc(F)cc1. The van der Waals surface area contributed by atoms with Crippen molar-refractivity contribution in [3.8, 4) is 0 Å². The average molecular weight is 372 g/mol. The molecule has 1 amide bonds. The van der Waals surface area contributed by atoms with Gasteiger partial charge in [0.25, 0.3) is 0 Å². The predicted molar refractivity (Wildman–Crippen MR) is 103 cm³/mol. The predicted octanol–water partition coefficient (Wildman–Crippen LogP) is 3.17. The molecule has 1 aromatic heterocycles. The van der Waals surface area contributed by atoms with Crippen LogP contribution in [0.4, 0.5) is 4.39 Å². The van der Waals surface area contributed by atoms with E-state index >= 15 is 0 Å². The molecule has 27 heavy (non-hydrogen) atoms. The lowest BCUT2D eigenvalue weighted by Crippen LogP contribution is -2.45. The topological polar surface area (TPSA) is 41.4 Å². The summed E-state index contributed by atoms with van der Waals surface area (Å²) in [6, 6.07) is 7.04. The largest absolute Gasteiger partial charge is 0.341 e. The summed E-state index contributed by atoms with van der Waals surface area (Å²) in [5, 5.41) is 0. The molecule has 1 aliphatic heterocycles. The third kappa shape index (κ3) is 5.39. The van der Waals surface area contributed by atoms with Crippen LogP contribution in [0.1, 0.15) is 32.3 Å². The molecule has 0 aliphatic carbocycles. The third-order valence-electron chi connectivity index (χ3n) is 5.31. The molecule has 1 aliphatic rings. The first-order valence-electron chi connectivity index (χ1n) is 9.75. The summed E-state index contributed by atoms with van der Waals surface area (Å²) in [4.78, 5) is 21.2. The lowest BCUT2D eigenvalue weighted by molar-refractivity contribution is -0.132. The normalized spacial score (nSPS) is 18.7. The van der Waals surface area contributed by atoms with Crippen LogP contribution < -0.4 is 0 Å². The average Bonchev–Trinajstić information content (AvgIpc) is 3.08. The van der Waals surface area contributed by atoms with E-state index in [0.29, 0.717) is 24.9 Å². The van der Waals surface area contributed by atoms with E-state index in [0.717, 1.165) is 38.2 Å². The fourth-order valence-electron chi connectivity index (χ4n) is 3.74. The van der Waals surface area contributed by atoms with Gasteiger partial charge in [0.1, 0.15) is 5.82 Å². The highest BCUT2D eigenvalue weighted by Gasteiger charge is 2.29. The van der Waals surface area contributed by atoms with Crippen molar-refractivity contribution in [2.45, 2.75) is 45.8 Å². The molecule has 2 aromatic rings. The molecular formula is C21H29FN4O. The monoisotopic (exact) mass is 372 g/mol. The zero-order chi connectivity index (χ0) is 19.2. The van der Waals surface area contributed by atoms with Gasteiger partial charge in [0, 0.05) is 57.6 Å². The van der Waals surface area contributed by atoms with Crippen LogP contribution in [0.25, 0.3) is 0 Å². The van der Waals surface area contributed by atoms with Crippen molar-refractivity contribution in [3.05, 3.63) is 54.4 Å². The molecule has 0 bridgehead atoms. The fourth-order valence-corrected chi connectivity index (χ4v) is 3.74. The molecule has 1 atom stereocenters. The highest BCUT2D eigenvalue weighted by Crippen LogP contribution is 2.20. The van der Waals surface area contributed by atoms with Gasteiger partial charge in [0.2, 0.25) is 5.91 Å². The number of halogens is 1. The van der Waals surface area contributed by atoms with Crippen molar-refractivity contribution in [3.63, 3.8) is 0 Å². The number of rotatable bonds is 6. The molecule has 0 N–H and O–H groups in total. The summed E-state index contributed by atoms with van der Waals surface area (Å²) in [7, 11) is 0. The van der Waals surface area contributed by atoms with E-state index < -0.39 is 0 Å². The lowest BCUT2D eigenvalue weighted by atomic mass is 10.0. The van der Waals surface area contributed by atoms with Gasteiger partial charge in [0.15, 0.2) is 0 Å². The van der Waals surface area contributed by atoms with Crippen molar-refractivity contribution in [1.82, 2.24) is 19.4 Å². The number of aromatic nitrogens is 2. The van der Waals surface area contributed by atoms with Crippen molar-refractivity contribution < 1.29 is 9.18 Å². The van der Waals surface area contributed by atoms with Gasteiger partial charge in [-0.3, -0.25) is 9.69 Å². The smallest absolute Gasteiger partial charge is 0.224 e. The summed E-state index contributed by atoms with van der Waals surface area (Å²) in [5.41, 5.74) is 1.11. The second kappa shape index (κ2) is 9.13. The maximum absolute atomic E-state index is 13.2. The zero-order valence-corrected chi connectivity index (χ0v) is 16.2. The van der Waals surface area contributed by atoms with Gasteiger partial charge in [-0.15, -0.1) is 0 Å². The lowest BCUT2D eigenvalue weighted by Gasteiger charge is -2.34. The second-order valence-electron chi connectivity index (χ2n) is 7.65. The summed E-state index contributed by atoms with van der Waals surface area (Å²) in [6.07, 6.45) is 6.83. The van der Waals surface area contributed by atoms with E-state index in [4.69, 9.17) is 0 Å². The molecule has 1 saturated heterocycles. The standard InChI is InChI=1S/C21H29FN4O/c1-17(2)20-15-26(21(27)8-12-24-13-9-23-16-24)11-3-10-25(20)14-18-4-6-19(22)7-5-18/h4-7,9,13,16-17,20H,3,8,10-12,14-15H2,1-2H3. The van der Waals surface area contributed by atoms with Gasteiger partial charge >= 0.3 is 0 Å². The first-order chi connectivity index (χ1) is 13.0. The number of benzene rings is 1. The van der Waals surface area contributed by atoms with E-state index in [9.17, 15) is 9.18 Å². The summed E-state index contributed by atoms with van der Waals surface area (Å²) < 4.78 is 15.1. The maximum atomic E-state index is 13.2. The van der Waals surface area contributed by atoms with Gasteiger partial charge in [-0.2, -0.15) is 0 Å².